The summed E-state index contributed by atoms with van der Waals surface area (Å²) >= 11 is 0. The van der Waals surface area contributed by atoms with Gasteiger partial charge in [0.2, 0.25) is 0 Å². The van der Waals surface area contributed by atoms with Gasteiger partial charge in [0.15, 0.2) is 0 Å². The molecular weight excluding hydrogens is 725 g/mol. The van der Waals surface area contributed by atoms with Crippen LogP contribution in [-0.2, 0) is 10.8 Å². The van der Waals surface area contributed by atoms with Gasteiger partial charge >= 0.3 is 0 Å². The van der Waals surface area contributed by atoms with Crippen LogP contribution in [0.4, 0.5) is 34.1 Å². The van der Waals surface area contributed by atoms with Crippen molar-refractivity contribution in [1.29, 1.82) is 0 Å². The number of nitrogens with zero attached hydrogens (tertiary/aromatic N) is 2. The third-order valence-corrected chi connectivity index (χ3v) is 13.5. The van der Waals surface area contributed by atoms with E-state index in [9.17, 15) is 0 Å². The molecular formula is C58H52N2. The van der Waals surface area contributed by atoms with Gasteiger partial charge in [-0.2, -0.15) is 0 Å². The summed E-state index contributed by atoms with van der Waals surface area (Å²) in [6, 6.07) is 62.9. The van der Waals surface area contributed by atoms with Gasteiger partial charge in [0, 0.05) is 45.0 Å². The van der Waals surface area contributed by atoms with E-state index in [0.29, 0.717) is 0 Å². The number of aryl methyl sites for hydroxylation is 4. The first-order valence-corrected chi connectivity index (χ1v) is 21.4. The predicted molar refractivity (Wildman–Crippen MR) is 255 cm³/mol. The maximum Gasteiger partial charge on any atom is 0.0497 e. The van der Waals surface area contributed by atoms with Crippen LogP contribution in [-0.4, -0.2) is 0 Å². The summed E-state index contributed by atoms with van der Waals surface area (Å²) in [5, 5.41) is 0. The molecule has 294 valence electrons. The van der Waals surface area contributed by atoms with Gasteiger partial charge in [0.05, 0.1) is 0 Å². The van der Waals surface area contributed by atoms with Crippen LogP contribution < -0.4 is 9.80 Å². The maximum atomic E-state index is 2.51. The Labute approximate surface area is 356 Å². The van der Waals surface area contributed by atoms with E-state index < -0.39 is 0 Å². The molecule has 0 aromatic heterocycles. The zero-order valence-corrected chi connectivity index (χ0v) is 36.1. The summed E-state index contributed by atoms with van der Waals surface area (Å²) in [5.74, 6) is 0. The van der Waals surface area contributed by atoms with Crippen LogP contribution in [0.1, 0.15) is 72.2 Å². The highest BCUT2D eigenvalue weighted by atomic mass is 15.1. The van der Waals surface area contributed by atoms with E-state index in [1.54, 1.807) is 0 Å². The highest BCUT2D eigenvalue weighted by molar-refractivity contribution is 5.94. The van der Waals surface area contributed by atoms with Crippen molar-refractivity contribution in [1.82, 2.24) is 0 Å². The number of fused-ring (bicyclic) bond motifs is 6. The Morgan fingerprint density at radius 2 is 0.533 bits per heavy atom. The summed E-state index contributed by atoms with van der Waals surface area (Å²) in [6.07, 6.45) is 0. The lowest BCUT2D eigenvalue weighted by atomic mass is 9.79. The lowest BCUT2D eigenvalue weighted by Crippen LogP contribution is -2.17. The number of hydrogen-bond donors (Lipinski definition) is 0. The lowest BCUT2D eigenvalue weighted by molar-refractivity contribution is 0.659. The van der Waals surface area contributed by atoms with E-state index in [1.165, 1.54) is 89.3 Å². The Morgan fingerprint density at radius 3 is 0.817 bits per heavy atom. The van der Waals surface area contributed by atoms with Crippen molar-refractivity contribution in [3.8, 4) is 33.4 Å². The molecule has 0 fully saturated rings. The predicted octanol–water partition coefficient (Wildman–Crippen LogP) is 16.1. The fourth-order valence-corrected chi connectivity index (χ4v) is 10.3. The number of hydrogen-bond acceptors (Lipinski definition) is 2. The molecule has 8 aromatic carbocycles. The van der Waals surface area contributed by atoms with Gasteiger partial charge < -0.3 is 9.80 Å². The second-order valence-corrected chi connectivity index (χ2v) is 18.1. The number of rotatable bonds is 7. The highest BCUT2D eigenvalue weighted by Gasteiger charge is 2.39. The van der Waals surface area contributed by atoms with Crippen molar-refractivity contribution in [3.63, 3.8) is 0 Å². The van der Waals surface area contributed by atoms with Crippen molar-refractivity contribution in [2.75, 3.05) is 9.80 Å². The third-order valence-electron chi connectivity index (χ3n) is 13.5. The van der Waals surface area contributed by atoms with Gasteiger partial charge in [-0.15, -0.1) is 0 Å². The van der Waals surface area contributed by atoms with Crippen LogP contribution in [0.25, 0.3) is 33.4 Å². The smallest absolute Gasteiger partial charge is 0.0497 e. The van der Waals surface area contributed by atoms with Crippen molar-refractivity contribution in [2.24, 2.45) is 0 Å². The maximum absolute atomic E-state index is 2.51. The van der Waals surface area contributed by atoms with E-state index in [-0.39, 0.29) is 10.8 Å². The molecule has 0 unspecified atom stereocenters. The number of benzene rings is 8. The van der Waals surface area contributed by atoms with Crippen LogP contribution in [0.2, 0.25) is 0 Å². The normalized spacial score (nSPS) is 13.9. The molecule has 8 aromatic rings. The standard InChI is InChI=1S/C58H52N2/c1-37-29-51-47(49-35-55(39(3)31-53(49)57(51,5)6)59(41-21-13-9-14-22-41)42-23-15-10-16-24-42)33-45(37)46-34-48-50-36-56(40(4)32-54(50)58(7,8)52(48)30-38(46)2)60(43-25-17-11-18-26-43)44-27-19-12-20-28-44/h9-36H,1-8H3. The van der Waals surface area contributed by atoms with Gasteiger partial charge in [0.1, 0.15) is 0 Å². The minimum absolute atomic E-state index is 0.130. The summed E-state index contributed by atoms with van der Waals surface area (Å²) in [6.45, 7) is 18.7. The lowest BCUT2D eigenvalue weighted by Gasteiger charge is -2.29. The molecule has 0 saturated heterocycles. The molecule has 2 aliphatic rings. The molecule has 2 aliphatic carbocycles. The van der Waals surface area contributed by atoms with Crippen molar-refractivity contribution in [2.45, 2.75) is 66.2 Å². The SMILES string of the molecule is Cc1cc2c(cc1-c1cc3c(cc1C)C(C)(C)c1cc(C)c(N(c4ccccc4)c4ccccc4)cc1-3)-c1cc(N(c3ccccc3)c3ccccc3)c(C)cc1C2(C)C. The Kier molecular flexibility index (Phi) is 8.77. The quantitative estimate of drug-likeness (QED) is 0.159. The van der Waals surface area contributed by atoms with Gasteiger partial charge in [-0.3, -0.25) is 0 Å². The number of para-hydroxylation sites is 4. The second-order valence-electron chi connectivity index (χ2n) is 18.1. The van der Waals surface area contributed by atoms with Crippen molar-refractivity contribution >= 4 is 34.1 Å². The third kappa shape index (κ3) is 5.84. The summed E-state index contributed by atoms with van der Waals surface area (Å²) < 4.78 is 0. The van der Waals surface area contributed by atoms with Gasteiger partial charge in [0.25, 0.3) is 0 Å². The highest BCUT2D eigenvalue weighted by Crippen LogP contribution is 2.56. The van der Waals surface area contributed by atoms with Gasteiger partial charge in [-0.05, 0) is 178 Å². The van der Waals surface area contributed by atoms with Crippen LogP contribution in [0.15, 0.2) is 170 Å². The van der Waals surface area contributed by atoms with E-state index in [4.69, 9.17) is 0 Å². The molecule has 0 N–H and O–H groups in total. The first-order valence-electron chi connectivity index (χ1n) is 21.4. The zero-order chi connectivity index (χ0) is 41.5. The Bertz CT molecular complexity index is 2660. The van der Waals surface area contributed by atoms with E-state index >= 15 is 0 Å². The fourth-order valence-electron chi connectivity index (χ4n) is 10.3. The fraction of sp³-hybridized carbons (Fsp3) is 0.172. The van der Waals surface area contributed by atoms with Crippen LogP contribution in [0.3, 0.4) is 0 Å². The summed E-state index contributed by atoms with van der Waals surface area (Å²) in [7, 11) is 0. The second kappa shape index (κ2) is 14.0. The van der Waals surface area contributed by atoms with Gasteiger partial charge in [-0.25, -0.2) is 0 Å². The van der Waals surface area contributed by atoms with E-state index in [2.05, 4.69) is 235 Å². The molecule has 60 heavy (non-hydrogen) atoms. The molecule has 2 heteroatoms. The molecule has 10 rings (SSSR count). The molecule has 2 nitrogen and oxygen atoms in total. The van der Waals surface area contributed by atoms with Crippen LogP contribution >= 0.6 is 0 Å². The Morgan fingerprint density at radius 1 is 0.283 bits per heavy atom. The largest absolute Gasteiger partial charge is 0.310 e. The average molecular weight is 777 g/mol. The zero-order valence-electron chi connectivity index (χ0n) is 36.1. The molecule has 0 spiro atoms. The van der Waals surface area contributed by atoms with Crippen LogP contribution in [0.5, 0.6) is 0 Å². The van der Waals surface area contributed by atoms with E-state index in [0.717, 1.165) is 22.7 Å². The molecule has 0 heterocycles. The molecule has 0 aliphatic heterocycles. The van der Waals surface area contributed by atoms with Crippen LogP contribution in [0, 0.1) is 27.7 Å². The van der Waals surface area contributed by atoms with Gasteiger partial charge in [-0.1, -0.05) is 125 Å². The monoisotopic (exact) mass is 776 g/mol. The number of anilines is 6. The Balaban J connectivity index is 1.14. The Hall–Kier alpha value is -6.64. The molecule has 0 bridgehead atoms. The molecule has 0 saturated carbocycles. The molecule has 0 amide bonds. The minimum atomic E-state index is -0.130. The summed E-state index contributed by atoms with van der Waals surface area (Å²) in [5.41, 5.74) is 25.4. The topological polar surface area (TPSA) is 6.48 Å². The minimum Gasteiger partial charge on any atom is -0.310 e. The van der Waals surface area contributed by atoms with Crippen molar-refractivity contribution < 1.29 is 0 Å². The summed E-state index contributed by atoms with van der Waals surface area (Å²) in [4.78, 5) is 4.82. The van der Waals surface area contributed by atoms with Crippen molar-refractivity contribution in [3.05, 3.63) is 214 Å². The average Bonchev–Trinajstić information content (AvgIpc) is 3.59. The molecule has 0 radical (unpaired) electrons. The first kappa shape index (κ1) is 37.6. The molecule has 0 atom stereocenters. The first-order chi connectivity index (χ1) is 28.9. The van der Waals surface area contributed by atoms with E-state index in [1.807, 2.05) is 0 Å².